The molecule has 0 spiro atoms. The Bertz CT molecular complexity index is 523. The van der Waals surface area contributed by atoms with Crippen LogP contribution in [0.4, 0.5) is 0 Å². The van der Waals surface area contributed by atoms with Crippen molar-refractivity contribution in [2.24, 2.45) is 0 Å². The standard InChI is InChI=1S/C11H9NO3.C2H6/c1-15-11(14)8-5-7-3-2-4-12-10(7)9(13)6-8;1-2/h2-6,13H,1H3;1-2H3. The number of hydrogen-bond donors (Lipinski definition) is 1. The Kier molecular flexibility index (Phi) is 4.46. The zero-order chi connectivity index (χ0) is 12.8. The number of aromatic hydroxyl groups is 1. The molecule has 0 fully saturated rings. The molecule has 0 saturated heterocycles. The molecule has 1 N–H and O–H groups in total. The van der Waals surface area contributed by atoms with E-state index in [4.69, 9.17) is 0 Å². The third-order valence-electron chi connectivity index (χ3n) is 2.11. The lowest BCUT2D eigenvalue weighted by atomic mass is 10.1. The van der Waals surface area contributed by atoms with Gasteiger partial charge in [0.2, 0.25) is 0 Å². The number of methoxy groups -OCH3 is 1. The summed E-state index contributed by atoms with van der Waals surface area (Å²) in [6, 6.07) is 6.49. The fraction of sp³-hybridized carbons (Fsp3) is 0.231. The number of nitrogens with zero attached hydrogens (tertiary/aromatic N) is 1. The molecule has 4 heteroatoms. The molecular formula is C13H15NO3. The number of rotatable bonds is 1. The van der Waals surface area contributed by atoms with Crippen molar-refractivity contribution in [1.82, 2.24) is 4.98 Å². The van der Waals surface area contributed by atoms with E-state index in [1.807, 2.05) is 13.8 Å². The van der Waals surface area contributed by atoms with Gasteiger partial charge < -0.3 is 9.84 Å². The van der Waals surface area contributed by atoms with Crippen LogP contribution in [-0.2, 0) is 4.74 Å². The van der Waals surface area contributed by atoms with E-state index >= 15 is 0 Å². The van der Waals surface area contributed by atoms with Crippen molar-refractivity contribution in [2.75, 3.05) is 7.11 Å². The van der Waals surface area contributed by atoms with Gasteiger partial charge in [0.1, 0.15) is 11.3 Å². The third-order valence-corrected chi connectivity index (χ3v) is 2.11. The monoisotopic (exact) mass is 233 g/mol. The first-order chi connectivity index (χ1) is 8.22. The predicted octanol–water partition coefficient (Wildman–Crippen LogP) is 2.75. The van der Waals surface area contributed by atoms with Crippen molar-refractivity contribution in [3.05, 3.63) is 36.0 Å². The summed E-state index contributed by atoms with van der Waals surface area (Å²) < 4.78 is 4.57. The fourth-order valence-electron chi connectivity index (χ4n) is 1.41. The maximum absolute atomic E-state index is 11.3. The van der Waals surface area contributed by atoms with Gasteiger partial charge in [-0.1, -0.05) is 19.9 Å². The second-order valence-corrected chi connectivity index (χ2v) is 3.06. The summed E-state index contributed by atoms with van der Waals surface area (Å²) in [5.41, 5.74) is 0.792. The van der Waals surface area contributed by atoms with E-state index in [1.54, 1.807) is 24.4 Å². The first kappa shape index (κ1) is 13.0. The number of phenolic OH excluding ortho intramolecular Hbond substituents is 1. The SMILES string of the molecule is CC.COC(=O)c1cc(O)c2ncccc2c1. The van der Waals surface area contributed by atoms with Crippen LogP contribution in [0.3, 0.4) is 0 Å². The topological polar surface area (TPSA) is 59.4 Å². The molecule has 0 aliphatic rings. The van der Waals surface area contributed by atoms with Gasteiger partial charge >= 0.3 is 5.97 Å². The molecule has 17 heavy (non-hydrogen) atoms. The molecule has 2 aromatic rings. The van der Waals surface area contributed by atoms with Crippen LogP contribution in [0.1, 0.15) is 24.2 Å². The summed E-state index contributed by atoms with van der Waals surface area (Å²) in [5.74, 6) is -0.496. The molecular weight excluding hydrogens is 218 g/mol. The molecule has 0 atom stereocenters. The Labute approximate surface area is 99.9 Å². The number of aromatic nitrogens is 1. The molecule has 0 bridgehead atoms. The smallest absolute Gasteiger partial charge is 0.338 e. The third kappa shape index (κ3) is 2.72. The molecule has 0 aliphatic heterocycles. The second kappa shape index (κ2) is 5.84. The number of carbonyl (C=O) groups excluding carboxylic acids is 1. The molecule has 0 amide bonds. The average molecular weight is 233 g/mol. The summed E-state index contributed by atoms with van der Waals surface area (Å²) in [7, 11) is 1.30. The predicted molar refractivity (Wildman–Crippen MR) is 66.1 cm³/mol. The highest BCUT2D eigenvalue weighted by Crippen LogP contribution is 2.24. The van der Waals surface area contributed by atoms with Crippen LogP contribution in [-0.4, -0.2) is 23.2 Å². The van der Waals surface area contributed by atoms with E-state index in [0.717, 1.165) is 0 Å². The molecule has 90 valence electrons. The zero-order valence-electron chi connectivity index (χ0n) is 10.1. The Morgan fingerprint density at radius 1 is 1.35 bits per heavy atom. The van der Waals surface area contributed by atoms with Gasteiger partial charge in [-0.05, 0) is 18.2 Å². The molecule has 1 heterocycles. The number of pyridine rings is 1. The molecule has 0 radical (unpaired) electrons. The summed E-state index contributed by atoms with van der Waals surface area (Å²) in [5, 5.41) is 10.3. The zero-order valence-corrected chi connectivity index (χ0v) is 10.1. The number of benzene rings is 1. The van der Waals surface area contributed by atoms with Gasteiger partial charge in [-0.25, -0.2) is 4.79 Å². The van der Waals surface area contributed by atoms with Gasteiger partial charge in [0.05, 0.1) is 12.7 Å². The van der Waals surface area contributed by atoms with Gasteiger partial charge in [0, 0.05) is 11.6 Å². The van der Waals surface area contributed by atoms with E-state index in [9.17, 15) is 9.90 Å². The Morgan fingerprint density at radius 2 is 2.06 bits per heavy atom. The normalized spacial score (nSPS) is 9.35. The maximum Gasteiger partial charge on any atom is 0.338 e. The van der Waals surface area contributed by atoms with Crippen molar-refractivity contribution in [2.45, 2.75) is 13.8 Å². The van der Waals surface area contributed by atoms with Gasteiger partial charge in [-0.2, -0.15) is 0 Å². The van der Waals surface area contributed by atoms with Crippen LogP contribution in [0.15, 0.2) is 30.5 Å². The number of phenols is 1. The Morgan fingerprint density at radius 3 is 2.71 bits per heavy atom. The Balaban J connectivity index is 0.000000686. The van der Waals surface area contributed by atoms with Gasteiger partial charge in [-0.3, -0.25) is 4.98 Å². The quantitative estimate of drug-likeness (QED) is 0.769. The van der Waals surface area contributed by atoms with Crippen molar-refractivity contribution in [3.8, 4) is 5.75 Å². The molecule has 1 aromatic heterocycles. The number of fused-ring (bicyclic) bond motifs is 1. The summed E-state index contributed by atoms with van der Waals surface area (Å²) in [6.45, 7) is 4.00. The molecule has 4 nitrogen and oxygen atoms in total. The maximum atomic E-state index is 11.3. The second-order valence-electron chi connectivity index (χ2n) is 3.06. The van der Waals surface area contributed by atoms with Crippen LogP contribution in [0.5, 0.6) is 5.75 Å². The Hall–Kier alpha value is -2.10. The van der Waals surface area contributed by atoms with Crippen molar-refractivity contribution < 1.29 is 14.6 Å². The number of hydrogen-bond acceptors (Lipinski definition) is 4. The molecule has 0 aliphatic carbocycles. The van der Waals surface area contributed by atoms with Gasteiger partial charge in [0.25, 0.3) is 0 Å². The lowest BCUT2D eigenvalue weighted by Crippen LogP contribution is -2.00. The van der Waals surface area contributed by atoms with E-state index in [0.29, 0.717) is 16.5 Å². The first-order valence-electron chi connectivity index (χ1n) is 5.38. The van der Waals surface area contributed by atoms with Crippen LogP contribution < -0.4 is 0 Å². The molecule has 2 rings (SSSR count). The van der Waals surface area contributed by atoms with Crippen LogP contribution >= 0.6 is 0 Å². The van der Waals surface area contributed by atoms with E-state index < -0.39 is 5.97 Å². The summed E-state index contributed by atoms with van der Waals surface area (Å²) in [6.07, 6.45) is 1.58. The minimum absolute atomic E-state index is 0.0199. The lowest BCUT2D eigenvalue weighted by Gasteiger charge is -2.03. The largest absolute Gasteiger partial charge is 0.506 e. The van der Waals surface area contributed by atoms with Crippen LogP contribution in [0.25, 0.3) is 10.9 Å². The molecule has 1 aromatic carbocycles. The van der Waals surface area contributed by atoms with E-state index in [1.165, 1.54) is 13.2 Å². The van der Waals surface area contributed by atoms with E-state index in [-0.39, 0.29) is 5.75 Å². The highest BCUT2D eigenvalue weighted by atomic mass is 16.5. The highest BCUT2D eigenvalue weighted by Gasteiger charge is 2.09. The summed E-state index contributed by atoms with van der Waals surface area (Å²) in [4.78, 5) is 15.3. The van der Waals surface area contributed by atoms with Crippen LogP contribution in [0.2, 0.25) is 0 Å². The van der Waals surface area contributed by atoms with Gasteiger partial charge in [0.15, 0.2) is 0 Å². The molecule has 0 saturated carbocycles. The average Bonchev–Trinajstić information content (AvgIpc) is 2.40. The van der Waals surface area contributed by atoms with Gasteiger partial charge in [-0.15, -0.1) is 0 Å². The number of carbonyl (C=O) groups is 1. The first-order valence-corrected chi connectivity index (χ1v) is 5.38. The fourth-order valence-corrected chi connectivity index (χ4v) is 1.41. The van der Waals surface area contributed by atoms with Crippen molar-refractivity contribution >= 4 is 16.9 Å². The minimum atomic E-state index is -0.476. The molecule has 0 unspecified atom stereocenters. The highest BCUT2D eigenvalue weighted by molar-refractivity contribution is 5.96. The lowest BCUT2D eigenvalue weighted by molar-refractivity contribution is 0.0600. The summed E-state index contributed by atoms with van der Waals surface area (Å²) >= 11 is 0. The minimum Gasteiger partial charge on any atom is -0.506 e. The number of esters is 1. The van der Waals surface area contributed by atoms with E-state index in [2.05, 4.69) is 9.72 Å². The van der Waals surface area contributed by atoms with Crippen molar-refractivity contribution in [1.29, 1.82) is 0 Å². The number of ether oxygens (including phenoxy) is 1. The van der Waals surface area contributed by atoms with Crippen molar-refractivity contribution in [3.63, 3.8) is 0 Å². The van der Waals surface area contributed by atoms with Crippen LogP contribution in [0, 0.1) is 0 Å².